The maximum atomic E-state index is 11.2. The van der Waals surface area contributed by atoms with Crippen LogP contribution >= 0.6 is 0 Å². The summed E-state index contributed by atoms with van der Waals surface area (Å²) in [6, 6.07) is 0. The summed E-state index contributed by atoms with van der Waals surface area (Å²) in [5, 5.41) is 8.47. The quantitative estimate of drug-likeness (QED) is 0.436. The van der Waals surface area contributed by atoms with Crippen LogP contribution in [0, 0.1) is 0 Å². The minimum absolute atomic E-state index is 0.0437. The van der Waals surface area contributed by atoms with Crippen molar-refractivity contribution in [3.05, 3.63) is 0 Å². The second kappa shape index (κ2) is 9.11. The maximum absolute atomic E-state index is 11.2. The number of esters is 2. The number of carbonyl (C=O) groups excluding carboxylic acids is 2. The molecule has 0 heterocycles. The van der Waals surface area contributed by atoms with Crippen LogP contribution in [0.2, 0.25) is 0 Å². The molecule has 94 valence electrons. The first-order valence-electron chi connectivity index (χ1n) is 5.28. The van der Waals surface area contributed by atoms with Crippen LogP contribution in [0.25, 0.3) is 0 Å². The van der Waals surface area contributed by atoms with Gasteiger partial charge in [0.2, 0.25) is 0 Å². The fraction of sp³-hybridized carbons (Fsp3) is 0.800. The van der Waals surface area contributed by atoms with Crippen molar-refractivity contribution in [1.82, 2.24) is 0 Å². The van der Waals surface area contributed by atoms with Crippen molar-refractivity contribution in [2.24, 2.45) is 5.73 Å². The van der Waals surface area contributed by atoms with Gasteiger partial charge in [0.1, 0.15) is 0 Å². The average molecular weight is 233 g/mol. The van der Waals surface area contributed by atoms with Gasteiger partial charge in [0.25, 0.3) is 0 Å². The first-order valence-corrected chi connectivity index (χ1v) is 5.28. The Morgan fingerprint density at radius 1 is 1.38 bits per heavy atom. The zero-order chi connectivity index (χ0) is 12.4. The minimum Gasteiger partial charge on any atom is -0.463 e. The van der Waals surface area contributed by atoms with Crippen molar-refractivity contribution in [2.45, 2.75) is 32.3 Å². The highest BCUT2D eigenvalue weighted by Gasteiger charge is 2.18. The maximum Gasteiger partial charge on any atom is 0.347 e. The van der Waals surface area contributed by atoms with Crippen molar-refractivity contribution < 1.29 is 24.2 Å². The van der Waals surface area contributed by atoms with Crippen molar-refractivity contribution in [3.63, 3.8) is 0 Å². The van der Waals surface area contributed by atoms with E-state index in [9.17, 15) is 9.59 Å². The fourth-order valence-electron chi connectivity index (χ4n) is 0.905. The number of nitrogens with two attached hydrogens (primary N) is 1. The predicted molar refractivity (Wildman–Crippen MR) is 56.5 cm³/mol. The van der Waals surface area contributed by atoms with E-state index in [2.05, 4.69) is 0 Å². The molecular weight excluding hydrogens is 214 g/mol. The van der Waals surface area contributed by atoms with Gasteiger partial charge in [-0.1, -0.05) is 0 Å². The lowest BCUT2D eigenvalue weighted by atomic mass is 10.3. The zero-order valence-electron chi connectivity index (χ0n) is 9.48. The van der Waals surface area contributed by atoms with Crippen molar-refractivity contribution in [2.75, 3.05) is 19.8 Å². The van der Waals surface area contributed by atoms with E-state index in [0.717, 1.165) is 0 Å². The SMILES string of the molecule is CC(OC(=O)CCCN)C(=O)OCCCO. The van der Waals surface area contributed by atoms with E-state index < -0.39 is 18.0 Å². The van der Waals surface area contributed by atoms with Crippen molar-refractivity contribution in [1.29, 1.82) is 0 Å². The molecule has 0 aliphatic rings. The minimum atomic E-state index is -0.913. The van der Waals surface area contributed by atoms with Crippen LogP contribution < -0.4 is 5.73 Å². The van der Waals surface area contributed by atoms with Gasteiger partial charge in [-0.15, -0.1) is 0 Å². The van der Waals surface area contributed by atoms with Gasteiger partial charge in [-0.3, -0.25) is 4.79 Å². The van der Waals surface area contributed by atoms with Crippen LogP contribution in [0.4, 0.5) is 0 Å². The third-order valence-corrected chi connectivity index (χ3v) is 1.77. The van der Waals surface area contributed by atoms with E-state index in [1.807, 2.05) is 0 Å². The standard InChI is InChI=1S/C10H19NO5/c1-8(10(14)15-7-3-6-12)16-9(13)4-2-5-11/h8,12H,2-7,11H2,1H3. The summed E-state index contributed by atoms with van der Waals surface area (Å²) in [7, 11) is 0. The molecule has 0 radical (unpaired) electrons. The van der Waals surface area contributed by atoms with E-state index >= 15 is 0 Å². The molecule has 0 aromatic carbocycles. The van der Waals surface area contributed by atoms with Crippen LogP contribution in [0.15, 0.2) is 0 Å². The zero-order valence-corrected chi connectivity index (χ0v) is 9.48. The van der Waals surface area contributed by atoms with Gasteiger partial charge in [0.05, 0.1) is 6.61 Å². The highest BCUT2D eigenvalue weighted by molar-refractivity contribution is 5.78. The summed E-state index contributed by atoms with van der Waals surface area (Å²) in [6.45, 7) is 1.93. The highest BCUT2D eigenvalue weighted by atomic mass is 16.6. The monoisotopic (exact) mass is 233 g/mol. The molecule has 1 atom stereocenters. The summed E-state index contributed by atoms with van der Waals surface area (Å²) in [4.78, 5) is 22.3. The Hall–Kier alpha value is -1.14. The van der Waals surface area contributed by atoms with E-state index in [1.54, 1.807) is 0 Å². The number of carbonyl (C=O) groups is 2. The molecule has 0 aliphatic carbocycles. The van der Waals surface area contributed by atoms with E-state index in [0.29, 0.717) is 19.4 Å². The van der Waals surface area contributed by atoms with Crippen LogP contribution in [0.3, 0.4) is 0 Å². The smallest absolute Gasteiger partial charge is 0.347 e. The molecule has 3 N–H and O–H groups in total. The first-order chi connectivity index (χ1) is 7.61. The molecule has 0 aromatic rings. The molecule has 1 unspecified atom stereocenters. The van der Waals surface area contributed by atoms with Crippen LogP contribution in [0.5, 0.6) is 0 Å². The Morgan fingerprint density at radius 2 is 2.06 bits per heavy atom. The Kier molecular flexibility index (Phi) is 8.46. The predicted octanol–water partition coefficient (Wildman–Crippen LogP) is -0.417. The summed E-state index contributed by atoms with van der Waals surface area (Å²) >= 11 is 0. The van der Waals surface area contributed by atoms with Crippen molar-refractivity contribution >= 4 is 11.9 Å². The van der Waals surface area contributed by atoms with Gasteiger partial charge >= 0.3 is 11.9 Å². The first kappa shape index (κ1) is 14.9. The number of rotatable bonds is 8. The van der Waals surface area contributed by atoms with Gasteiger partial charge in [-0.05, 0) is 19.9 Å². The normalized spacial score (nSPS) is 11.9. The van der Waals surface area contributed by atoms with E-state index in [1.165, 1.54) is 6.92 Å². The summed E-state index contributed by atoms with van der Waals surface area (Å²) in [5.74, 6) is -1.06. The van der Waals surface area contributed by atoms with Gasteiger partial charge in [0, 0.05) is 19.4 Å². The lowest BCUT2D eigenvalue weighted by Gasteiger charge is -2.12. The molecular formula is C10H19NO5. The topological polar surface area (TPSA) is 98.9 Å². The largest absolute Gasteiger partial charge is 0.463 e. The van der Waals surface area contributed by atoms with Crippen LogP contribution in [0.1, 0.15) is 26.2 Å². The summed E-state index contributed by atoms with van der Waals surface area (Å²) in [6.07, 6.45) is 0.194. The molecule has 0 amide bonds. The molecule has 6 heteroatoms. The molecule has 0 spiro atoms. The number of hydrogen-bond acceptors (Lipinski definition) is 6. The van der Waals surface area contributed by atoms with Gasteiger partial charge in [-0.2, -0.15) is 0 Å². The number of hydrogen-bond donors (Lipinski definition) is 2. The van der Waals surface area contributed by atoms with Crippen LogP contribution in [-0.2, 0) is 19.1 Å². The number of ether oxygens (including phenoxy) is 2. The Balaban J connectivity index is 3.73. The second-order valence-electron chi connectivity index (χ2n) is 3.27. The van der Waals surface area contributed by atoms with E-state index in [4.69, 9.17) is 20.3 Å². The third-order valence-electron chi connectivity index (χ3n) is 1.77. The average Bonchev–Trinajstić information content (AvgIpc) is 2.26. The Bertz CT molecular complexity index is 219. The van der Waals surface area contributed by atoms with Gasteiger partial charge < -0.3 is 20.3 Å². The third kappa shape index (κ3) is 7.19. The Morgan fingerprint density at radius 3 is 2.62 bits per heavy atom. The van der Waals surface area contributed by atoms with Crippen LogP contribution in [-0.4, -0.2) is 42.9 Å². The Labute approximate surface area is 94.7 Å². The molecule has 16 heavy (non-hydrogen) atoms. The lowest BCUT2D eigenvalue weighted by Crippen LogP contribution is -2.27. The molecule has 0 aliphatic heterocycles. The summed E-state index contributed by atoms with van der Waals surface area (Å²) < 4.78 is 9.56. The fourth-order valence-corrected chi connectivity index (χ4v) is 0.905. The second-order valence-corrected chi connectivity index (χ2v) is 3.27. The molecule has 0 rings (SSSR count). The van der Waals surface area contributed by atoms with E-state index in [-0.39, 0.29) is 19.6 Å². The van der Waals surface area contributed by atoms with Gasteiger partial charge in [-0.25, -0.2) is 4.79 Å². The highest BCUT2D eigenvalue weighted by Crippen LogP contribution is 2.00. The number of aliphatic hydroxyl groups excluding tert-OH is 1. The molecule has 0 fully saturated rings. The molecule has 0 saturated heterocycles. The summed E-state index contributed by atoms with van der Waals surface area (Å²) in [5.41, 5.74) is 5.23. The molecule has 6 nitrogen and oxygen atoms in total. The number of aliphatic hydroxyl groups is 1. The molecule has 0 saturated carbocycles. The molecule has 0 aromatic heterocycles. The molecule has 0 bridgehead atoms. The lowest BCUT2D eigenvalue weighted by molar-refractivity contribution is -0.166. The van der Waals surface area contributed by atoms with Gasteiger partial charge in [0.15, 0.2) is 6.10 Å². The van der Waals surface area contributed by atoms with Crippen molar-refractivity contribution in [3.8, 4) is 0 Å².